The largest absolute Gasteiger partial charge is 0.429 e. The lowest BCUT2D eigenvalue weighted by Crippen LogP contribution is -2.68. The molecule has 2 aliphatic rings. The van der Waals surface area contributed by atoms with Crippen molar-refractivity contribution in [1.29, 1.82) is 0 Å². The van der Waals surface area contributed by atoms with Crippen LogP contribution in [0.3, 0.4) is 0 Å². The number of carbonyl (C=O) groups excluding carboxylic acids is 1. The molecule has 2 heterocycles. The molecule has 0 aromatic heterocycles. The average molecular weight is 533 g/mol. The highest BCUT2D eigenvalue weighted by molar-refractivity contribution is 6.99. The molecule has 200 valence electrons. The van der Waals surface area contributed by atoms with Crippen molar-refractivity contribution in [3.8, 4) is 0 Å². The van der Waals surface area contributed by atoms with Gasteiger partial charge in [0.05, 0.1) is 18.8 Å². The fourth-order valence-corrected chi connectivity index (χ4v) is 10.3. The zero-order valence-corrected chi connectivity index (χ0v) is 23.7. The average Bonchev–Trinajstić information content (AvgIpc) is 3.35. The van der Waals surface area contributed by atoms with E-state index in [0.717, 1.165) is 0 Å². The minimum Gasteiger partial charge on any atom is -0.429 e. The Kier molecular flexibility index (Phi) is 7.09. The van der Waals surface area contributed by atoms with E-state index < -0.39 is 38.1 Å². The second kappa shape index (κ2) is 10.1. The number of esters is 1. The van der Waals surface area contributed by atoms with E-state index in [1.165, 1.54) is 10.4 Å². The minimum absolute atomic E-state index is 0.187. The van der Waals surface area contributed by atoms with E-state index in [9.17, 15) is 4.79 Å². The van der Waals surface area contributed by atoms with Crippen molar-refractivity contribution in [3.63, 3.8) is 0 Å². The third-order valence-electron chi connectivity index (χ3n) is 7.30. The van der Waals surface area contributed by atoms with E-state index >= 15 is 0 Å². The van der Waals surface area contributed by atoms with Gasteiger partial charge in [0.25, 0.3) is 8.32 Å². The first-order valence-electron chi connectivity index (χ1n) is 13.1. The summed E-state index contributed by atoms with van der Waals surface area (Å²) in [6.07, 6.45) is -1.55. The van der Waals surface area contributed by atoms with Crippen LogP contribution in [0.1, 0.15) is 45.0 Å². The Morgan fingerprint density at radius 2 is 1.42 bits per heavy atom. The van der Waals surface area contributed by atoms with Gasteiger partial charge in [0.15, 0.2) is 11.9 Å². The van der Waals surface area contributed by atoms with Gasteiger partial charge < -0.3 is 23.4 Å². The van der Waals surface area contributed by atoms with E-state index in [-0.39, 0.29) is 18.3 Å². The minimum atomic E-state index is -2.83. The molecule has 38 heavy (non-hydrogen) atoms. The number of fused-ring (bicyclic) bond motifs is 1. The van der Waals surface area contributed by atoms with Gasteiger partial charge in [-0.2, -0.15) is 0 Å². The van der Waals surface area contributed by atoms with Crippen molar-refractivity contribution in [2.45, 2.75) is 63.4 Å². The summed E-state index contributed by atoms with van der Waals surface area (Å²) in [7, 11) is -2.83. The molecule has 2 saturated heterocycles. The highest BCUT2D eigenvalue weighted by Gasteiger charge is 2.64. The Labute approximate surface area is 226 Å². The van der Waals surface area contributed by atoms with E-state index in [2.05, 4.69) is 69.3 Å². The van der Waals surface area contributed by atoms with Gasteiger partial charge in [-0.25, -0.2) is 4.79 Å². The maximum absolute atomic E-state index is 12.9. The maximum Gasteiger partial charge on any atom is 0.340 e. The molecular weight excluding hydrogens is 496 g/mol. The molecular formula is C31H36O6Si. The van der Waals surface area contributed by atoms with Gasteiger partial charge in [-0.3, -0.25) is 0 Å². The van der Waals surface area contributed by atoms with Crippen LogP contribution in [0.2, 0.25) is 5.04 Å². The van der Waals surface area contributed by atoms with E-state index in [0.29, 0.717) is 5.56 Å². The molecule has 0 spiro atoms. The molecule has 0 radical (unpaired) electrons. The number of hydrogen-bond donors (Lipinski definition) is 0. The molecule has 3 aromatic rings. The number of carbonyl (C=O) groups is 1. The van der Waals surface area contributed by atoms with Crippen molar-refractivity contribution in [2.24, 2.45) is 0 Å². The van der Waals surface area contributed by atoms with Crippen LogP contribution in [0.15, 0.2) is 91.0 Å². The van der Waals surface area contributed by atoms with Crippen molar-refractivity contribution < 1.29 is 28.2 Å². The molecule has 3 aromatic carbocycles. The predicted molar refractivity (Wildman–Crippen MR) is 148 cm³/mol. The Morgan fingerprint density at radius 3 is 1.95 bits per heavy atom. The zero-order valence-electron chi connectivity index (χ0n) is 22.7. The van der Waals surface area contributed by atoms with Gasteiger partial charge in [-0.05, 0) is 41.4 Å². The van der Waals surface area contributed by atoms with Gasteiger partial charge >= 0.3 is 5.97 Å². The molecule has 6 nitrogen and oxygen atoms in total. The first kappa shape index (κ1) is 26.8. The van der Waals surface area contributed by atoms with Crippen LogP contribution in [-0.4, -0.2) is 51.3 Å². The maximum atomic E-state index is 12.9. The van der Waals surface area contributed by atoms with Crippen LogP contribution in [0.5, 0.6) is 0 Å². The molecule has 3 atom stereocenters. The smallest absolute Gasteiger partial charge is 0.340 e. The van der Waals surface area contributed by atoms with Crippen molar-refractivity contribution in [1.82, 2.24) is 0 Å². The SMILES string of the molecule is CC1(C)O[C@H]2[C@@H](OC(=O)c3ccccc3)OC[C@@]2(CO[Si](c2ccccc2)(c2ccccc2)C(C)(C)C)O1. The Hall–Kier alpha value is -2.81. The first-order valence-corrected chi connectivity index (χ1v) is 15.0. The summed E-state index contributed by atoms with van der Waals surface area (Å²) >= 11 is 0. The third-order valence-corrected chi connectivity index (χ3v) is 12.3. The molecule has 0 unspecified atom stereocenters. The van der Waals surface area contributed by atoms with Crippen molar-refractivity contribution >= 4 is 24.7 Å². The number of benzene rings is 3. The van der Waals surface area contributed by atoms with Crippen LogP contribution >= 0.6 is 0 Å². The third kappa shape index (κ3) is 4.85. The molecule has 0 amide bonds. The molecule has 5 rings (SSSR count). The fraction of sp³-hybridized carbons (Fsp3) is 0.387. The molecule has 2 fully saturated rings. The standard InChI is InChI=1S/C31H36O6Si/c1-29(2,3)38(24-17-11-7-12-18-24,25-19-13-8-14-20-25)34-22-31-21-33-28(26(31)36-30(4,5)37-31)35-27(32)23-15-9-6-10-16-23/h6-20,26,28H,21-22H2,1-5H3/t26-,28+,31-/m0/s1. The molecule has 0 N–H and O–H groups in total. The summed E-state index contributed by atoms with van der Waals surface area (Å²) in [5, 5.41) is 2.15. The van der Waals surface area contributed by atoms with Gasteiger partial charge in [-0.1, -0.05) is 99.6 Å². The summed E-state index contributed by atoms with van der Waals surface area (Å²) in [5.74, 6) is -1.35. The number of rotatable bonds is 7. The highest BCUT2D eigenvalue weighted by Crippen LogP contribution is 2.46. The van der Waals surface area contributed by atoms with Gasteiger partial charge in [0.1, 0.15) is 5.60 Å². The molecule has 7 heteroatoms. The van der Waals surface area contributed by atoms with Crippen LogP contribution in [0, 0.1) is 0 Å². The summed E-state index contributed by atoms with van der Waals surface area (Å²) in [5.41, 5.74) is -0.478. The topological polar surface area (TPSA) is 63.2 Å². The van der Waals surface area contributed by atoms with Crippen LogP contribution < -0.4 is 10.4 Å². The van der Waals surface area contributed by atoms with Gasteiger partial charge in [0.2, 0.25) is 6.29 Å². The molecule has 2 aliphatic heterocycles. The van der Waals surface area contributed by atoms with Gasteiger partial charge in [0, 0.05) is 0 Å². The molecule has 0 aliphatic carbocycles. The van der Waals surface area contributed by atoms with Crippen LogP contribution in [0.25, 0.3) is 0 Å². The second-order valence-electron chi connectivity index (χ2n) is 11.5. The lowest BCUT2D eigenvalue weighted by atomic mass is 10.0. The monoisotopic (exact) mass is 532 g/mol. The van der Waals surface area contributed by atoms with Gasteiger partial charge in [-0.15, -0.1) is 0 Å². The lowest BCUT2D eigenvalue weighted by Gasteiger charge is -2.44. The summed E-state index contributed by atoms with van der Waals surface area (Å²) in [6, 6.07) is 29.8. The quantitative estimate of drug-likeness (QED) is 0.326. The Bertz CT molecular complexity index is 1200. The first-order chi connectivity index (χ1) is 18.1. The van der Waals surface area contributed by atoms with E-state index in [1.54, 1.807) is 24.3 Å². The Balaban J connectivity index is 1.48. The summed E-state index contributed by atoms with van der Waals surface area (Å²) in [4.78, 5) is 12.9. The predicted octanol–water partition coefficient (Wildman–Crippen LogP) is 4.67. The zero-order chi connectivity index (χ0) is 27.0. The highest BCUT2D eigenvalue weighted by atomic mass is 28.4. The number of hydrogen-bond acceptors (Lipinski definition) is 6. The fourth-order valence-electron chi connectivity index (χ4n) is 5.70. The second-order valence-corrected chi connectivity index (χ2v) is 15.8. The van der Waals surface area contributed by atoms with Crippen molar-refractivity contribution in [2.75, 3.05) is 13.2 Å². The normalized spacial score (nSPS) is 24.7. The van der Waals surface area contributed by atoms with Crippen molar-refractivity contribution in [3.05, 3.63) is 96.6 Å². The van der Waals surface area contributed by atoms with Crippen LogP contribution in [-0.2, 0) is 23.4 Å². The lowest BCUT2D eigenvalue weighted by molar-refractivity contribution is -0.216. The Morgan fingerprint density at radius 1 is 0.895 bits per heavy atom. The number of ether oxygens (including phenoxy) is 4. The molecule has 0 bridgehead atoms. The van der Waals surface area contributed by atoms with E-state index in [4.69, 9.17) is 23.4 Å². The summed E-state index contributed by atoms with van der Waals surface area (Å²) < 4.78 is 31.8. The summed E-state index contributed by atoms with van der Waals surface area (Å²) in [6.45, 7) is 10.9. The van der Waals surface area contributed by atoms with Crippen LogP contribution in [0.4, 0.5) is 0 Å². The molecule has 0 saturated carbocycles. The van der Waals surface area contributed by atoms with E-state index in [1.807, 2.05) is 32.0 Å².